The monoisotopic (exact) mass is 360 g/mol. The minimum absolute atomic E-state index is 0.308. The molecule has 2 aromatic rings. The first-order chi connectivity index (χ1) is 13.2. The zero-order valence-corrected chi connectivity index (χ0v) is 16.6. The first-order valence-electron chi connectivity index (χ1n) is 9.75. The quantitative estimate of drug-likeness (QED) is 0.770. The van der Waals surface area contributed by atoms with E-state index < -0.39 is 0 Å². The highest BCUT2D eigenvalue weighted by Gasteiger charge is 2.25. The van der Waals surface area contributed by atoms with Gasteiger partial charge in [-0.3, -0.25) is 9.67 Å². The molecule has 1 unspecified atom stereocenters. The molecule has 0 saturated carbocycles. The van der Waals surface area contributed by atoms with E-state index in [1.54, 1.807) is 0 Å². The summed E-state index contributed by atoms with van der Waals surface area (Å²) in [5.74, 6) is 0.308. The number of nitrogens with zero attached hydrogens (tertiary/aromatic N) is 3. The van der Waals surface area contributed by atoms with Gasteiger partial charge in [0, 0.05) is 36.1 Å². The van der Waals surface area contributed by atoms with E-state index in [4.69, 9.17) is 4.99 Å². The highest BCUT2D eigenvalue weighted by Crippen LogP contribution is 2.32. The molecule has 0 amide bonds. The summed E-state index contributed by atoms with van der Waals surface area (Å²) in [6, 6.07) is 8.41. The van der Waals surface area contributed by atoms with Crippen LogP contribution < -0.4 is 5.32 Å². The Balaban J connectivity index is 0.00000102. The molecule has 4 nitrogen and oxygen atoms in total. The molecule has 27 heavy (non-hydrogen) atoms. The molecule has 2 aliphatic rings. The number of aliphatic imine (C=N–C) groups is 1. The molecule has 2 heterocycles. The summed E-state index contributed by atoms with van der Waals surface area (Å²) in [5, 5.41) is 7.90. The Morgan fingerprint density at radius 3 is 2.85 bits per heavy atom. The lowest BCUT2D eigenvalue weighted by Gasteiger charge is -2.26. The molecule has 4 rings (SSSR count). The van der Waals surface area contributed by atoms with Gasteiger partial charge in [0.1, 0.15) is 0 Å². The molecule has 1 N–H and O–H groups in total. The molecule has 0 spiro atoms. The first-order valence-corrected chi connectivity index (χ1v) is 9.75. The maximum Gasteiger partial charge on any atom is 0.0710 e. The fourth-order valence-electron chi connectivity index (χ4n) is 3.31. The molecule has 0 fully saturated rings. The summed E-state index contributed by atoms with van der Waals surface area (Å²) in [4.78, 5) is 4.78. The number of aromatic nitrogens is 2. The van der Waals surface area contributed by atoms with Crippen LogP contribution in [-0.4, -0.2) is 15.5 Å². The van der Waals surface area contributed by atoms with Gasteiger partial charge in [-0.15, -0.1) is 0 Å². The predicted octanol–water partition coefficient (Wildman–Crippen LogP) is 5.61. The van der Waals surface area contributed by atoms with Crippen molar-refractivity contribution in [3.63, 3.8) is 0 Å². The number of rotatable bonds is 4. The van der Waals surface area contributed by atoms with Gasteiger partial charge in [0.15, 0.2) is 0 Å². The van der Waals surface area contributed by atoms with Crippen molar-refractivity contribution < 1.29 is 0 Å². The molecule has 1 aromatic heterocycles. The minimum Gasteiger partial charge on any atom is -0.354 e. The van der Waals surface area contributed by atoms with E-state index in [2.05, 4.69) is 73.0 Å². The van der Waals surface area contributed by atoms with Crippen LogP contribution in [0.1, 0.15) is 38.3 Å². The Hall–Kier alpha value is -2.88. The van der Waals surface area contributed by atoms with Crippen molar-refractivity contribution in [2.45, 2.75) is 40.7 Å². The van der Waals surface area contributed by atoms with E-state index in [9.17, 15) is 0 Å². The van der Waals surface area contributed by atoms with Crippen molar-refractivity contribution >= 4 is 17.0 Å². The van der Waals surface area contributed by atoms with Crippen molar-refractivity contribution in [3.8, 4) is 0 Å². The standard InChI is InChI=1S/C21H22N4.C2H6/c1-3-25-14-18(13-23-25)17-11-16-7-5-9-20(21(16)22-12-17)24-19-8-4-6-15(2)10-19;1-2/h4-10,12-14,16,24H,3,11H2,1-2H3;1-2H3. The second kappa shape index (κ2) is 8.67. The van der Waals surface area contributed by atoms with E-state index in [-0.39, 0.29) is 0 Å². The number of hydrogen-bond acceptors (Lipinski definition) is 3. The van der Waals surface area contributed by atoms with Gasteiger partial charge in [0.25, 0.3) is 0 Å². The van der Waals surface area contributed by atoms with Crippen LogP contribution in [0.5, 0.6) is 0 Å². The van der Waals surface area contributed by atoms with Crippen LogP contribution in [0.3, 0.4) is 0 Å². The van der Waals surface area contributed by atoms with E-state index in [1.165, 1.54) is 16.7 Å². The lowest BCUT2D eigenvalue weighted by molar-refractivity contribution is 0.659. The van der Waals surface area contributed by atoms with E-state index in [1.807, 2.05) is 30.9 Å². The minimum atomic E-state index is 0.308. The van der Waals surface area contributed by atoms with Gasteiger partial charge in [-0.1, -0.05) is 38.1 Å². The lowest BCUT2D eigenvalue weighted by Crippen LogP contribution is -2.24. The molecule has 4 heteroatoms. The van der Waals surface area contributed by atoms with Gasteiger partial charge in [-0.05, 0) is 49.6 Å². The second-order valence-electron chi connectivity index (χ2n) is 6.52. The summed E-state index contributed by atoms with van der Waals surface area (Å²) in [6.07, 6.45) is 13.4. The molecular formula is C23H28N4. The molecule has 0 bridgehead atoms. The molecule has 1 aromatic carbocycles. The summed E-state index contributed by atoms with van der Waals surface area (Å²) in [6.45, 7) is 9.09. The molecule has 0 saturated heterocycles. The van der Waals surface area contributed by atoms with Crippen molar-refractivity contribution in [3.05, 3.63) is 77.9 Å². The smallest absolute Gasteiger partial charge is 0.0710 e. The van der Waals surface area contributed by atoms with Gasteiger partial charge >= 0.3 is 0 Å². The molecule has 1 aliphatic heterocycles. The highest BCUT2D eigenvalue weighted by atomic mass is 15.3. The predicted molar refractivity (Wildman–Crippen MR) is 115 cm³/mol. The Labute approximate surface area is 162 Å². The topological polar surface area (TPSA) is 42.2 Å². The van der Waals surface area contributed by atoms with Crippen LogP contribution in [-0.2, 0) is 6.54 Å². The van der Waals surface area contributed by atoms with Crippen molar-refractivity contribution in [1.82, 2.24) is 9.78 Å². The number of fused-ring (bicyclic) bond motifs is 1. The average Bonchev–Trinajstić information content (AvgIpc) is 3.19. The maximum absolute atomic E-state index is 4.78. The Morgan fingerprint density at radius 2 is 2.11 bits per heavy atom. The summed E-state index contributed by atoms with van der Waals surface area (Å²) < 4.78 is 1.96. The lowest BCUT2D eigenvalue weighted by atomic mass is 9.86. The number of allylic oxidation sites excluding steroid dienone is 5. The molecule has 1 aliphatic carbocycles. The zero-order chi connectivity index (χ0) is 19.2. The number of anilines is 1. The van der Waals surface area contributed by atoms with Gasteiger partial charge in [0.2, 0.25) is 0 Å². The molecule has 0 radical (unpaired) electrons. The Kier molecular flexibility index (Phi) is 6.07. The summed E-state index contributed by atoms with van der Waals surface area (Å²) >= 11 is 0. The summed E-state index contributed by atoms with van der Waals surface area (Å²) in [7, 11) is 0. The van der Waals surface area contributed by atoms with Crippen LogP contribution in [0, 0.1) is 12.8 Å². The van der Waals surface area contributed by atoms with E-state index in [0.717, 1.165) is 30.1 Å². The number of aryl methyl sites for hydroxylation is 2. The van der Waals surface area contributed by atoms with Crippen LogP contribution in [0.4, 0.5) is 5.69 Å². The highest BCUT2D eigenvalue weighted by molar-refractivity contribution is 6.08. The zero-order valence-electron chi connectivity index (χ0n) is 16.6. The Morgan fingerprint density at radius 1 is 1.26 bits per heavy atom. The normalized spacial score (nSPS) is 17.8. The van der Waals surface area contributed by atoms with Gasteiger partial charge in [0.05, 0.1) is 17.6 Å². The van der Waals surface area contributed by atoms with Crippen LogP contribution in [0.15, 0.2) is 71.8 Å². The second-order valence-corrected chi connectivity index (χ2v) is 6.52. The van der Waals surface area contributed by atoms with Crippen molar-refractivity contribution in [1.29, 1.82) is 0 Å². The molecular weight excluding hydrogens is 332 g/mol. The van der Waals surface area contributed by atoms with Crippen LogP contribution in [0.2, 0.25) is 0 Å². The fraction of sp³-hybridized carbons (Fsp3) is 0.304. The van der Waals surface area contributed by atoms with Gasteiger partial charge < -0.3 is 5.32 Å². The van der Waals surface area contributed by atoms with Crippen LogP contribution >= 0.6 is 0 Å². The van der Waals surface area contributed by atoms with E-state index in [0.29, 0.717) is 5.92 Å². The molecule has 1 atom stereocenters. The first kappa shape index (κ1) is 18.9. The Bertz CT molecular complexity index is 912. The van der Waals surface area contributed by atoms with Gasteiger partial charge in [-0.25, -0.2) is 0 Å². The average molecular weight is 361 g/mol. The third kappa shape index (κ3) is 4.27. The van der Waals surface area contributed by atoms with Crippen molar-refractivity contribution in [2.24, 2.45) is 10.9 Å². The summed E-state index contributed by atoms with van der Waals surface area (Å²) in [5.41, 5.74) is 6.94. The maximum atomic E-state index is 4.78. The third-order valence-corrected chi connectivity index (χ3v) is 4.66. The van der Waals surface area contributed by atoms with Crippen molar-refractivity contribution in [2.75, 3.05) is 5.32 Å². The van der Waals surface area contributed by atoms with Gasteiger partial charge in [-0.2, -0.15) is 5.10 Å². The third-order valence-electron chi connectivity index (χ3n) is 4.66. The number of benzene rings is 1. The van der Waals surface area contributed by atoms with Crippen LogP contribution in [0.25, 0.3) is 5.57 Å². The number of hydrogen-bond donors (Lipinski definition) is 1. The van der Waals surface area contributed by atoms with E-state index >= 15 is 0 Å². The molecule has 140 valence electrons. The SMILES string of the molecule is CC.CCn1cc(C2=CN=C3C(Nc4cccc(C)c4)=CC=CC3C2)cn1. The largest absolute Gasteiger partial charge is 0.354 e. The fourth-order valence-corrected chi connectivity index (χ4v) is 3.31. The number of nitrogens with one attached hydrogen (secondary N) is 1.